The molecule has 112 valence electrons. The van der Waals surface area contributed by atoms with E-state index in [-0.39, 0.29) is 0 Å². The van der Waals surface area contributed by atoms with E-state index in [1.54, 1.807) is 7.11 Å². The zero-order valence-corrected chi connectivity index (χ0v) is 12.8. The molecule has 3 heteroatoms. The lowest BCUT2D eigenvalue weighted by Crippen LogP contribution is -2.38. The van der Waals surface area contributed by atoms with Crippen LogP contribution in [0.3, 0.4) is 0 Å². The number of methoxy groups -OCH3 is 1. The summed E-state index contributed by atoms with van der Waals surface area (Å²) in [5.74, 6) is 0.904. The van der Waals surface area contributed by atoms with Gasteiger partial charge in [0.15, 0.2) is 0 Å². The van der Waals surface area contributed by atoms with Gasteiger partial charge in [0.25, 0.3) is 0 Å². The highest BCUT2D eigenvalue weighted by atomic mass is 16.5. The second-order valence-electron chi connectivity index (χ2n) is 5.84. The Hall–Kier alpha value is -1.06. The summed E-state index contributed by atoms with van der Waals surface area (Å²) in [5, 5.41) is 0. The van der Waals surface area contributed by atoms with Crippen LogP contribution < -0.4 is 10.5 Å². The molecule has 1 aromatic carbocycles. The molecule has 1 fully saturated rings. The van der Waals surface area contributed by atoms with Crippen molar-refractivity contribution in [2.45, 2.75) is 50.6 Å². The van der Waals surface area contributed by atoms with Gasteiger partial charge < -0.3 is 10.5 Å². The van der Waals surface area contributed by atoms with E-state index in [1.807, 2.05) is 12.1 Å². The van der Waals surface area contributed by atoms with Gasteiger partial charge in [-0.3, -0.25) is 4.90 Å². The third-order valence-corrected chi connectivity index (χ3v) is 4.62. The molecule has 2 N–H and O–H groups in total. The number of hydrogen-bond acceptors (Lipinski definition) is 3. The smallest absolute Gasteiger partial charge is 0.118 e. The van der Waals surface area contributed by atoms with Gasteiger partial charge in [0.2, 0.25) is 0 Å². The van der Waals surface area contributed by atoms with E-state index < -0.39 is 0 Å². The summed E-state index contributed by atoms with van der Waals surface area (Å²) in [5.41, 5.74) is 7.34. The molecule has 1 saturated carbocycles. The van der Waals surface area contributed by atoms with Gasteiger partial charge >= 0.3 is 0 Å². The third kappa shape index (κ3) is 3.74. The van der Waals surface area contributed by atoms with Gasteiger partial charge in [0.05, 0.1) is 7.11 Å². The van der Waals surface area contributed by atoms with Crippen LogP contribution in [-0.2, 0) is 0 Å². The minimum absolute atomic E-state index is 0.309. The minimum Gasteiger partial charge on any atom is -0.497 e. The fourth-order valence-electron chi connectivity index (χ4n) is 3.28. The largest absolute Gasteiger partial charge is 0.497 e. The molecule has 1 aliphatic carbocycles. The van der Waals surface area contributed by atoms with Crippen molar-refractivity contribution in [3.05, 3.63) is 29.8 Å². The summed E-state index contributed by atoms with van der Waals surface area (Å²) in [6.07, 6.45) is 8.11. The van der Waals surface area contributed by atoms with Crippen LogP contribution in [0.4, 0.5) is 0 Å². The van der Waals surface area contributed by atoms with Crippen LogP contribution in [-0.4, -0.2) is 31.6 Å². The van der Waals surface area contributed by atoms with Crippen molar-refractivity contribution in [3.8, 4) is 5.75 Å². The van der Waals surface area contributed by atoms with Gasteiger partial charge in [-0.05, 0) is 37.6 Å². The van der Waals surface area contributed by atoms with Gasteiger partial charge in [0, 0.05) is 18.6 Å². The summed E-state index contributed by atoms with van der Waals surface area (Å²) in [4.78, 5) is 2.49. The molecule has 0 amide bonds. The van der Waals surface area contributed by atoms with E-state index >= 15 is 0 Å². The van der Waals surface area contributed by atoms with Crippen LogP contribution in [0.2, 0.25) is 0 Å². The van der Waals surface area contributed by atoms with Crippen molar-refractivity contribution in [3.63, 3.8) is 0 Å². The summed E-state index contributed by atoms with van der Waals surface area (Å²) in [6, 6.07) is 9.32. The molecule has 0 heterocycles. The second-order valence-corrected chi connectivity index (χ2v) is 5.84. The maximum Gasteiger partial charge on any atom is 0.118 e. The summed E-state index contributed by atoms with van der Waals surface area (Å²) in [7, 11) is 3.94. The zero-order valence-electron chi connectivity index (χ0n) is 12.8. The van der Waals surface area contributed by atoms with Crippen LogP contribution in [0.15, 0.2) is 24.3 Å². The highest BCUT2D eigenvalue weighted by Crippen LogP contribution is 2.28. The number of likely N-dealkylation sites (N-methyl/N-ethyl adjacent to an activating group) is 1. The topological polar surface area (TPSA) is 38.5 Å². The van der Waals surface area contributed by atoms with Crippen molar-refractivity contribution in [1.29, 1.82) is 0 Å². The monoisotopic (exact) mass is 276 g/mol. The van der Waals surface area contributed by atoms with Crippen LogP contribution >= 0.6 is 0 Å². The molecule has 1 atom stereocenters. The highest BCUT2D eigenvalue weighted by Gasteiger charge is 2.24. The first-order chi connectivity index (χ1) is 9.76. The van der Waals surface area contributed by atoms with E-state index in [1.165, 1.54) is 44.1 Å². The normalized spacial score (nSPS) is 18.8. The Bertz CT molecular complexity index is 382. The lowest BCUT2D eigenvalue weighted by molar-refractivity contribution is 0.161. The van der Waals surface area contributed by atoms with E-state index in [4.69, 9.17) is 10.5 Å². The number of hydrogen-bond donors (Lipinski definition) is 1. The average Bonchev–Trinajstić information content (AvgIpc) is 2.77. The molecule has 1 unspecified atom stereocenters. The lowest BCUT2D eigenvalue weighted by Gasteiger charge is -2.34. The molecule has 1 aromatic rings. The number of nitrogens with zero attached hydrogens (tertiary/aromatic N) is 1. The van der Waals surface area contributed by atoms with E-state index in [0.717, 1.165) is 5.75 Å². The molecule has 0 radical (unpaired) electrons. The average molecular weight is 276 g/mol. The van der Waals surface area contributed by atoms with Crippen molar-refractivity contribution in [2.75, 3.05) is 20.7 Å². The predicted octanol–water partition coefficient (Wildman–Crippen LogP) is 3.35. The summed E-state index contributed by atoms with van der Waals surface area (Å²) >= 11 is 0. The molecule has 3 nitrogen and oxygen atoms in total. The predicted molar refractivity (Wildman–Crippen MR) is 84.0 cm³/mol. The Morgan fingerprint density at radius 3 is 2.25 bits per heavy atom. The fraction of sp³-hybridized carbons (Fsp3) is 0.647. The van der Waals surface area contributed by atoms with Crippen LogP contribution in [0.5, 0.6) is 5.75 Å². The van der Waals surface area contributed by atoms with Gasteiger partial charge in [-0.1, -0.05) is 37.8 Å². The fourth-order valence-corrected chi connectivity index (χ4v) is 3.28. The van der Waals surface area contributed by atoms with Crippen molar-refractivity contribution in [1.82, 2.24) is 4.90 Å². The van der Waals surface area contributed by atoms with Gasteiger partial charge in [0.1, 0.15) is 5.75 Å². The molecule has 0 aliphatic heterocycles. The maximum atomic E-state index is 6.05. The molecular weight excluding hydrogens is 248 g/mol. The van der Waals surface area contributed by atoms with Gasteiger partial charge in [-0.25, -0.2) is 0 Å². The minimum atomic E-state index is 0.309. The highest BCUT2D eigenvalue weighted by molar-refractivity contribution is 5.29. The van der Waals surface area contributed by atoms with Crippen LogP contribution in [0, 0.1) is 0 Å². The molecule has 0 spiro atoms. The Morgan fingerprint density at radius 2 is 1.75 bits per heavy atom. The van der Waals surface area contributed by atoms with Gasteiger partial charge in [-0.15, -0.1) is 0 Å². The lowest BCUT2D eigenvalue weighted by atomic mass is 10.0. The van der Waals surface area contributed by atoms with Crippen LogP contribution in [0.25, 0.3) is 0 Å². The number of ether oxygens (including phenoxy) is 1. The SMILES string of the molecule is COc1ccc(C(CN)N(C)C2CCCCCC2)cc1. The number of benzene rings is 1. The van der Waals surface area contributed by atoms with E-state index in [2.05, 4.69) is 24.1 Å². The van der Waals surface area contributed by atoms with Crippen molar-refractivity contribution < 1.29 is 4.74 Å². The molecule has 2 rings (SSSR count). The molecular formula is C17H28N2O. The standard InChI is InChI=1S/C17H28N2O/c1-19(15-7-5-3-4-6-8-15)17(13-18)14-9-11-16(20-2)12-10-14/h9-12,15,17H,3-8,13,18H2,1-2H3. The summed E-state index contributed by atoms with van der Waals surface area (Å²) in [6.45, 7) is 0.666. The first kappa shape index (κ1) is 15.3. The Labute approximate surface area is 123 Å². The first-order valence-corrected chi connectivity index (χ1v) is 7.82. The maximum absolute atomic E-state index is 6.05. The third-order valence-electron chi connectivity index (χ3n) is 4.62. The quantitative estimate of drug-likeness (QED) is 0.838. The zero-order chi connectivity index (χ0) is 14.4. The van der Waals surface area contributed by atoms with Crippen molar-refractivity contribution >= 4 is 0 Å². The number of nitrogens with two attached hydrogens (primary N) is 1. The summed E-state index contributed by atoms with van der Waals surface area (Å²) < 4.78 is 5.23. The molecule has 1 aliphatic rings. The van der Waals surface area contributed by atoms with Gasteiger partial charge in [-0.2, -0.15) is 0 Å². The van der Waals surface area contributed by atoms with E-state index in [0.29, 0.717) is 18.6 Å². The van der Waals surface area contributed by atoms with Crippen molar-refractivity contribution in [2.24, 2.45) is 5.73 Å². The van der Waals surface area contributed by atoms with E-state index in [9.17, 15) is 0 Å². The number of rotatable bonds is 5. The molecule has 20 heavy (non-hydrogen) atoms. The molecule has 0 saturated heterocycles. The van der Waals surface area contributed by atoms with Crippen LogP contribution in [0.1, 0.15) is 50.1 Å². The Balaban J connectivity index is 2.08. The Kier molecular flexibility index (Phi) is 5.86. The Morgan fingerprint density at radius 1 is 1.15 bits per heavy atom. The molecule has 0 bridgehead atoms. The molecule has 0 aromatic heterocycles. The second kappa shape index (κ2) is 7.65. The first-order valence-electron chi connectivity index (χ1n) is 7.82.